The van der Waals surface area contributed by atoms with Gasteiger partial charge in [0, 0.05) is 5.57 Å². The van der Waals surface area contributed by atoms with Gasteiger partial charge in [-0.3, -0.25) is 9.59 Å². The molecule has 0 radical (unpaired) electrons. The minimum Gasteiger partial charge on any atom is -0.290 e. The molecule has 68 valence electrons. The van der Waals surface area contributed by atoms with Crippen molar-refractivity contribution in [3.63, 3.8) is 0 Å². The van der Waals surface area contributed by atoms with Gasteiger partial charge in [-0.25, -0.2) is 0 Å². The standard InChI is InChI=1S/C11H12O2/c1-8(2)3-4-9-7-10(12)5-6-11(9)13/h3,5-7H,4H2,1-2H3. The van der Waals surface area contributed by atoms with Gasteiger partial charge >= 0.3 is 0 Å². The molecule has 0 saturated heterocycles. The van der Waals surface area contributed by atoms with Crippen LogP contribution in [-0.4, -0.2) is 11.6 Å². The summed E-state index contributed by atoms with van der Waals surface area (Å²) >= 11 is 0. The molecule has 13 heavy (non-hydrogen) atoms. The maximum atomic E-state index is 11.2. The van der Waals surface area contributed by atoms with Gasteiger partial charge in [0.25, 0.3) is 0 Å². The smallest absolute Gasteiger partial charge is 0.182 e. The van der Waals surface area contributed by atoms with E-state index >= 15 is 0 Å². The Morgan fingerprint density at radius 3 is 2.62 bits per heavy atom. The minimum atomic E-state index is -0.100. The van der Waals surface area contributed by atoms with Crippen molar-refractivity contribution in [2.24, 2.45) is 0 Å². The fourth-order valence-corrected chi connectivity index (χ4v) is 1.03. The Morgan fingerprint density at radius 1 is 1.31 bits per heavy atom. The highest BCUT2D eigenvalue weighted by Gasteiger charge is 2.11. The molecule has 0 aromatic carbocycles. The van der Waals surface area contributed by atoms with Gasteiger partial charge in [-0.15, -0.1) is 0 Å². The lowest BCUT2D eigenvalue weighted by atomic mass is 10.00. The zero-order valence-electron chi connectivity index (χ0n) is 7.83. The summed E-state index contributed by atoms with van der Waals surface area (Å²) in [5.74, 6) is -0.158. The molecule has 1 aliphatic carbocycles. The van der Waals surface area contributed by atoms with Crippen LogP contribution in [0.3, 0.4) is 0 Å². The summed E-state index contributed by atoms with van der Waals surface area (Å²) in [6.45, 7) is 3.93. The first-order valence-electron chi connectivity index (χ1n) is 4.20. The summed E-state index contributed by atoms with van der Waals surface area (Å²) in [7, 11) is 0. The van der Waals surface area contributed by atoms with Crippen LogP contribution in [0.5, 0.6) is 0 Å². The number of carbonyl (C=O) groups excluding carboxylic acids is 2. The van der Waals surface area contributed by atoms with E-state index in [9.17, 15) is 9.59 Å². The highest BCUT2D eigenvalue weighted by atomic mass is 16.1. The van der Waals surface area contributed by atoms with E-state index in [4.69, 9.17) is 0 Å². The second kappa shape index (κ2) is 3.99. The third-order valence-corrected chi connectivity index (χ3v) is 1.76. The fourth-order valence-electron chi connectivity index (χ4n) is 1.03. The number of hydrogen-bond acceptors (Lipinski definition) is 2. The Bertz CT molecular complexity index is 326. The summed E-state index contributed by atoms with van der Waals surface area (Å²) in [4.78, 5) is 22.1. The first-order valence-corrected chi connectivity index (χ1v) is 4.20. The van der Waals surface area contributed by atoms with Crippen LogP contribution in [0.1, 0.15) is 20.3 Å². The predicted molar refractivity (Wildman–Crippen MR) is 51.3 cm³/mol. The van der Waals surface area contributed by atoms with Gasteiger partial charge in [0.05, 0.1) is 0 Å². The van der Waals surface area contributed by atoms with E-state index in [0.29, 0.717) is 12.0 Å². The molecular formula is C11H12O2. The molecule has 0 fully saturated rings. The second-order valence-corrected chi connectivity index (χ2v) is 3.26. The minimum absolute atomic E-state index is 0.0582. The van der Waals surface area contributed by atoms with Crippen molar-refractivity contribution in [1.82, 2.24) is 0 Å². The van der Waals surface area contributed by atoms with Gasteiger partial charge in [-0.1, -0.05) is 11.6 Å². The lowest BCUT2D eigenvalue weighted by Gasteiger charge is -2.03. The summed E-state index contributed by atoms with van der Waals surface area (Å²) in [5, 5.41) is 0. The molecule has 0 heterocycles. The molecule has 2 nitrogen and oxygen atoms in total. The largest absolute Gasteiger partial charge is 0.290 e. The zero-order valence-corrected chi connectivity index (χ0v) is 7.83. The molecule has 0 saturated carbocycles. The lowest BCUT2D eigenvalue weighted by Crippen LogP contribution is -2.06. The molecule has 1 aliphatic rings. The Morgan fingerprint density at radius 2 is 2.00 bits per heavy atom. The first kappa shape index (κ1) is 9.65. The molecular weight excluding hydrogens is 164 g/mol. The van der Waals surface area contributed by atoms with Crippen molar-refractivity contribution >= 4 is 11.6 Å². The van der Waals surface area contributed by atoms with E-state index in [1.165, 1.54) is 18.2 Å². The van der Waals surface area contributed by atoms with Crippen molar-refractivity contribution < 1.29 is 9.59 Å². The van der Waals surface area contributed by atoms with E-state index in [-0.39, 0.29) is 11.6 Å². The lowest BCUT2D eigenvalue weighted by molar-refractivity contribution is -0.114. The average Bonchev–Trinajstić information content (AvgIpc) is 2.06. The monoisotopic (exact) mass is 176 g/mol. The first-order chi connectivity index (χ1) is 6.09. The van der Waals surface area contributed by atoms with Gasteiger partial charge in [0.2, 0.25) is 0 Å². The third-order valence-electron chi connectivity index (χ3n) is 1.76. The SMILES string of the molecule is CC(C)=CCC1=CC(=O)C=CC1=O. The Hall–Kier alpha value is -1.44. The average molecular weight is 176 g/mol. The molecule has 0 unspecified atom stereocenters. The van der Waals surface area contributed by atoms with Crippen molar-refractivity contribution in [3.05, 3.63) is 35.5 Å². The van der Waals surface area contributed by atoms with Crippen LogP contribution in [0.4, 0.5) is 0 Å². The summed E-state index contributed by atoms with van der Waals surface area (Å²) in [6, 6.07) is 0. The molecule has 0 aromatic heterocycles. The molecule has 0 aromatic rings. The maximum absolute atomic E-state index is 11.2. The topological polar surface area (TPSA) is 34.1 Å². The Kier molecular flexibility index (Phi) is 2.96. The van der Waals surface area contributed by atoms with Crippen LogP contribution in [0.25, 0.3) is 0 Å². The van der Waals surface area contributed by atoms with Crippen molar-refractivity contribution in [1.29, 1.82) is 0 Å². The quantitative estimate of drug-likeness (QED) is 0.476. The molecule has 1 rings (SSSR count). The molecule has 0 spiro atoms. The van der Waals surface area contributed by atoms with E-state index in [1.54, 1.807) is 0 Å². The van der Waals surface area contributed by atoms with Gasteiger partial charge < -0.3 is 0 Å². The summed E-state index contributed by atoms with van der Waals surface area (Å²) in [6.07, 6.45) is 6.53. The number of rotatable bonds is 2. The summed E-state index contributed by atoms with van der Waals surface area (Å²) in [5.41, 5.74) is 1.73. The van der Waals surface area contributed by atoms with Gasteiger partial charge in [0.15, 0.2) is 11.6 Å². The number of allylic oxidation sites excluding steroid dienone is 6. The Labute approximate surface area is 77.6 Å². The molecule has 0 N–H and O–H groups in total. The third kappa shape index (κ3) is 2.82. The van der Waals surface area contributed by atoms with Crippen molar-refractivity contribution in [2.45, 2.75) is 20.3 Å². The molecule has 0 atom stereocenters. The molecule has 0 aliphatic heterocycles. The Balaban J connectivity index is 2.74. The van der Waals surface area contributed by atoms with E-state index in [2.05, 4.69) is 0 Å². The van der Waals surface area contributed by atoms with Gasteiger partial charge in [0.1, 0.15) is 0 Å². The van der Waals surface area contributed by atoms with Crippen LogP contribution in [0.2, 0.25) is 0 Å². The van der Waals surface area contributed by atoms with Crippen LogP contribution >= 0.6 is 0 Å². The van der Waals surface area contributed by atoms with Crippen LogP contribution < -0.4 is 0 Å². The number of carbonyl (C=O) groups is 2. The highest BCUT2D eigenvalue weighted by molar-refractivity contribution is 6.17. The van der Waals surface area contributed by atoms with Crippen molar-refractivity contribution in [2.75, 3.05) is 0 Å². The van der Waals surface area contributed by atoms with E-state index < -0.39 is 0 Å². The van der Waals surface area contributed by atoms with Gasteiger partial charge in [-0.2, -0.15) is 0 Å². The molecule has 0 bridgehead atoms. The number of ketones is 2. The molecule has 0 amide bonds. The normalized spacial score (nSPS) is 15.7. The highest BCUT2D eigenvalue weighted by Crippen LogP contribution is 2.11. The summed E-state index contributed by atoms with van der Waals surface area (Å²) < 4.78 is 0. The van der Waals surface area contributed by atoms with E-state index in [0.717, 1.165) is 5.57 Å². The van der Waals surface area contributed by atoms with Crippen LogP contribution in [0, 0.1) is 0 Å². The fraction of sp³-hybridized carbons (Fsp3) is 0.273. The second-order valence-electron chi connectivity index (χ2n) is 3.26. The predicted octanol–water partition coefficient (Wildman–Crippen LogP) is 1.98. The van der Waals surface area contributed by atoms with E-state index in [1.807, 2.05) is 19.9 Å². The zero-order chi connectivity index (χ0) is 9.84. The van der Waals surface area contributed by atoms with Crippen LogP contribution in [0.15, 0.2) is 35.5 Å². The van der Waals surface area contributed by atoms with Gasteiger partial charge in [-0.05, 0) is 38.5 Å². The van der Waals surface area contributed by atoms with Crippen LogP contribution in [-0.2, 0) is 9.59 Å². The molecule has 2 heteroatoms. The number of hydrogen-bond donors (Lipinski definition) is 0. The maximum Gasteiger partial charge on any atom is 0.182 e. The van der Waals surface area contributed by atoms with Crippen molar-refractivity contribution in [3.8, 4) is 0 Å².